The van der Waals surface area contributed by atoms with Gasteiger partial charge >= 0.3 is 5.97 Å². The van der Waals surface area contributed by atoms with Crippen LogP contribution in [0.15, 0.2) is 24.3 Å². The first-order chi connectivity index (χ1) is 10.6. The van der Waals surface area contributed by atoms with E-state index < -0.39 is 0 Å². The molecule has 0 spiro atoms. The SMILES string of the molecule is CN1C2CCC1C(C(=O)OC1CC1)C(c1ccc(I)cc1)C2.Cl. The molecule has 1 saturated carbocycles. The lowest BCUT2D eigenvalue weighted by Crippen LogP contribution is -2.49. The Morgan fingerprint density at radius 1 is 1.17 bits per heavy atom. The number of rotatable bonds is 3. The first-order valence-corrected chi connectivity index (χ1v) is 9.39. The first-order valence-electron chi connectivity index (χ1n) is 8.31. The molecule has 5 heteroatoms. The molecule has 2 aliphatic heterocycles. The van der Waals surface area contributed by atoms with Crippen molar-refractivity contribution in [1.29, 1.82) is 0 Å². The quantitative estimate of drug-likeness (QED) is 0.518. The van der Waals surface area contributed by atoms with Crippen LogP contribution in [0.4, 0.5) is 0 Å². The highest BCUT2D eigenvalue weighted by atomic mass is 127. The topological polar surface area (TPSA) is 29.5 Å². The van der Waals surface area contributed by atoms with Gasteiger partial charge in [-0.3, -0.25) is 9.69 Å². The summed E-state index contributed by atoms with van der Waals surface area (Å²) in [4.78, 5) is 15.2. The van der Waals surface area contributed by atoms with E-state index in [0.29, 0.717) is 18.0 Å². The van der Waals surface area contributed by atoms with E-state index in [9.17, 15) is 4.79 Å². The number of nitrogens with zero attached hydrogens (tertiary/aromatic N) is 1. The highest BCUT2D eigenvalue weighted by Crippen LogP contribution is 2.47. The molecule has 4 rings (SSSR count). The third-order valence-corrected chi connectivity index (χ3v) is 6.37. The molecule has 3 aliphatic rings. The lowest BCUT2D eigenvalue weighted by molar-refractivity contribution is -0.154. The smallest absolute Gasteiger partial charge is 0.311 e. The Bertz CT molecular complexity index is 575. The third kappa shape index (κ3) is 3.40. The maximum atomic E-state index is 12.8. The molecule has 1 aromatic rings. The minimum Gasteiger partial charge on any atom is -0.462 e. The van der Waals surface area contributed by atoms with Crippen molar-refractivity contribution in [3.63, 3.8) is 0 Å². The molecular weight excluding hydrogens is 425 g/mol. The van der Waals surface area contributed by atoms with Crippen LogP contribution < -0.4 is 0 Å². The molecule has 0 amide bonds. The highest BCUT2D eigenvalue weighted by Gasteiger charge is 2.50. The van der Waals surface area contributed by atoms with Crippen molar-refractivity contribution in [2.75, 3.05) is 7.05 Å². The number of esters is 1. The third-order valence-electron chi connectivity index (χ3n) is 5.65. The predicted molar refractivity (Wildman–Crippen MR) is 101 cm³/mol. The van der Waals surface area contributed by atoms with Gasteiger partial charge in [-0.25, -0.2) is 0 Å². The molecule has 2 bridgehead atoms. The van der Waals surface area contributed by atoms with Crippen LogP contribution >= 0.6 is 35.0 Å². The summed E-state index contributed by atoms with van der Waals surface area (Å²) >= 11 is 2.33. The number of benzene rings is 1. The van der Waals surface area contributed by atoms with Crippen LogP contribution in [0.5, 0.6) is 0 Å². The monoisotopic (exact) mass is 447 g/mol. The van der Waals surface area contributed by atoms with Crippen LogP contribution in [0.2, 0.25) is 0 Å². The molecular formula is C18H23ClINO2. The number of carbonyl (C=O) groups excluding carboxylic acids is 1. The first kappa shape index (κ1) is 17.5. The van der Waals surface area contributed by atoms with E-state index in [1.54, 1.807) is 0 Å². The van der Waals surface area contributed by atoms with Crippen molar-refractivity contribution in [1.82, 2.24) is 4.90 Å². The normalized spacial score (nSPS) is 33.1. The minimum atomic E-state index is 0. The molecule has 4 unspecified atom stereocenters. The average molecular weight is 448 g/mol. The maximum absolute atomic E-state index is 12.8. The summed E-state index contributed by atoms with van der Waals surface area (Å²) in [6.45, 7) is 0. The van der Waals surface area contributed by atoms with Gasteiger partial charge in [-0.2, -0.15) is 0 Å². The Labute approximate surface area is 157 Å². The maximum Gasteiger partial charge on any atom is 0.311 e. The lowest BCUT2D eigenvalue weighted by atomic mass is 9.76. The second-order valence-electron chi connectivity index (χ2n) is 7.02. The van der Waals surface area contributed by atoms with Gasteiger partial charge in [0.25, 0.3) is 0 Å². The number of halogens is 2. The van der Waals surface area contributed by atoms with Crippen LogP contribution in [0.3, 0.4) is 0 Å². The molecule has 0 radical (unpaired) electrons. The summed E-state index contributed by atoms with van der Waals surface area (Å²) in [5, 5.41) is 0. The van der Waals surface area contributed by atoms with Gasteiger partial charge in [0.2, 0.25) is 0 Å². The molecule has 1 aliphatic carbocycles. The van der Waals surface area contributed by atoms with E-state index in [1.165, 1.54) is 15.6 Å². The number of hydrogen-bond donors (Lipinski definition) is 0. The summed E-state index contributed by atoms with van der Waals surface area (Å²) in [6, 6.07) is 9.69. The fourth-order valence-electron chi connectivity index (χ4n) is 4.27. The van der Waals surface area contributed by atoms with Crippen LogP contribution in [-0.2, 0) is 9.53 Å². The van der Waals surface area contributed by atoms with Gasteiger partial charge < -0.3 is 4.74 Å². The summed E-state index contributed by atoms with van der Waals surface area (Å²) in [6.07, 6.45) is 5.74. The van der Waals surface area contributed by atoms with Crippen molar-refractivity contribution < 1.29 is 9.53 Å². The summed E-state index contributed by atoms with van der Waals surface area (Å²) in [5.74, 6) is 0.365. The Morgan fingerprint density at radius 3 is 2.52 bits per heavy atom. The largest absolute Gasteiger partial charge is 0.462 e. The number of ether oxygens (including phenoxy) is 1. The number of piperidine rings is 1. The van der Waals surface area contributed by atoms with E-state index in [4.69, 9.17) is 4.74 Å². The highest BCUT2D eigenvalue weighted by molar-refractivity contribution is 14.1. The fourth-order valence-corrected chi connectivity index (χ4v) is 4.63. The van der Waals surface area contributed by atoms with E-state index in [1.807, 2.05) is 0 Å². The Hall–Kier alpha value is -0.330. The molecule has 0 aromatic heterocycles. The van der Waals surface area contributed by atoms with Gasteiger partial charge in [-0.05, 0) is 79.4 Å². The van der Waals surface area contributed by atoms with Crippen LogP contribution in [0, 0.1) is 9.49 Å². The summed E-state index contributed by atoms with van der Waals surface area (Å²) < 4.78 is 6.95. The zero-order valence-electron chi connectivity index (χ0n) is 13.3. The predicted octanol–water partition coefficient (Wildman–Crippen LogP) is 3.98. The zero-order chi connectivity index (χ0) is 15.3. The van der Waals surface area contributed by atoms with Gasteiger partial charge in [0.15, 0.2) is 0 Å². The van der Waals surface area contributed by atoms with Crippen molar-refractivity contribution in [2.24, 2.45) is 5.92 Å². The molecule has 2 heterocycles. The van der Waals surface area contributed by atoms with E-state index in [0.717, 1.165) is 25.7 Å². The number of carbonyl (C=O) groups is 1. The standard InChI is InChI=1S/C18H22INO2.ClH/c1-20-13-6-9-16(20)17(18(21)22-14-7-8-14)15(10-13)11-2-4-12(19)5-3-11;/h2-5,13-17H,6-10H2,1H3;1H. The number of hydrogen-bond acceptors (Lipinski definition) is 3. The second-order valence-corrected chi connectivity index (χ2v) is 8.27. The van der Waals surface area contributed by atoms with Crippen molar-refractivity contribution in [3.8, 4) is 0 Å². The van der Waals surface area contributed by atoms with Gasteiger partial charge in [0.05, 0.1) is 5.92 Å². The van der Waals surface area contributed by atoms with Gasteiger partial charge in [-0.15, -0.1) is 12.4 Å². The van der Waals surface area contributed by atoms with Crippen molar-refractivity contribution in [2.45, 2.75) is 56.2 Å². The minimum absolute atomic E-state index is 0. The van der Waals surface area contributed by atoms with Crippen molar-refractivity contribution >= 4 is 41.0 Å². The second kappa shape index (κ2) is 6.89. The van der Waals surface area contributed by atoms with Crippen LogP contribution in [0.25, 0.3) is 0 Å². The Balaban J connectivity index is 0.00000156. The molecule has 0 N–H and O–H groups in total. The Kier molecular flexibility index (Phi) is 5.24. The van der Waals surface area contributed by atoms with Gasteiger partial charge in [0, 0.05) is 21.6 Å². The molecule has 126 valence electrons. The average Bonchev–Trinajstić information content (AvgIpc) is 3.27. The molecule has 23 heavy (non-hydrogen) atoms. The molecule has 3 fully saturated rings. The number of fused-ring (bicyclic) bond motifs is 2. The molecule has 4 atom stereocenters. The summed E-state index contributed by atoms with van der Waals surface area (Å²) in [7, 11) is 2.18. The summed E-state index contributed by atoms with van der Waals surface area (Å²) in [5.41, 5.74) is 1.31. The fraction of sp³-hybridized carbons (Fsp3) is 0.611. The van der Waals surface area contributed by atoms with Gasteiger partial charge in [-0.1, -0.05) is 12.1 Å². The zero-order valence-corrected chi connectivity index (χ0v) is 16.3. The van der Waals surface area contributed by atoms with E-state index >= 15 is 0 Å². The Morgan fingerprint density at radius 2 is 1.87 bits per heavy atom. The van der Waals surface area contributed by atoms with E-state index in [-0.39, 0.29) is 30.4 Å². The van der Waals surface area contributed by atoms with Gasteiger partial charge in [0.1, 0.15) is 6.10 Å². The van der Waals surface area contributed by atoms with Crippen LogP contribution in [-0.4, -0.2) is 36.1 Å². The van der Waals surface area contributed by atoms with Crippen LogP contribution in [0.1, 0.15) is 43.6 Å². The van der Waals surface area contributed by atoms with Crippen molar-refractivity contribution in [3.05, 3.63) is 33.4 Å². The van der Waals surface area contributed by atoms with E-state index in [2.05, 4.69) is 58.8 Å². The molecule has 1 aromatic carbocycles. The molecule has 2 saturated heterocycles. The molecule has 3 nitrogen and oxygen atoms in total. The lowest BCUT2D eigenvalue weighted by Gasteiger charge is -2.42.